The van der Waals surface area contributed by atoms with Gasteiger partial charge in [-0.3, -0.25) is 4.79 Å². The summed E-state index contributed by atoms with van der Waals surface area (Å²) in [4.78, 5) is 12.2. The van der Waals surface area contributed by atoms with Crippen LogP contribution in [0.1, 0.15) is 92.4 Å². The molecular weight excluding hydrogens is 248 g/mol. The Morgan fingerprint density at radius 1 is 1.00 bits per heavy atom. The lowest BCUT2D eigenvalue weighted by Crippen LogP contribution is -2.30. The highest BCUT2D eigenvalue weighted by Crippen LogP contribution is 2.33. The molecule has 0 aromatic heterocycles. The Bertz CT molecular complexity index is 248. The molecule has 0 amide bonds. The molecule has 0 fully saturated rings. The van der Waals surface area contributed by atoms with Gasteiger partial charge in [-0.15, -0.1) is 0 Å². The number of carbonyl (C=O) groups is 1. The second kappa shape index (κ2) is 11.2. The first-order chi connectivity index (χ1) is 9.46. The molecule has 120 valence electrons. The third-order valence-corrected chi connectivity index (χ3v) is 4.11. The minimum Gasteiger partial charge on any atom is -0.466 e. The van der Waals surface area contributed by atoms with Gasteiger partial charge in [-0.1, -0.05) is 65.7 Å². The maximum absolute atomic E-state index is 12.2. The highest BCUT2D eigenvalue weighted by atomic mass is 16.5. The minimum atomic E-state index is -0.267. The Morgan fingerprint density at radius 3 is 2.15 bits per heavy atom. The maximum atomic E-state index is 12.2. The average Bonchev–Trinajstić information content (AvgIpc) is 2.38. The molecule has 0 radical (unpaired) electrons. The summed E-state index contributed by atoms with van der Waals surface area (Å²) < 4.78 is 5.30. The van der Waals surface area contributed by atoms with Gasteiger partial charge in [0, 0.05) is 0 Å². The number of rotatable bonds is 12. The van der Waals surface area contributed by atoms with Crippen LogP contribution < -0.4 is 0 Å². The van der Waals surface area contributed by atoms with Gasteiger partial charge in [0.05, 0.1) is 12.0 Å². The van der Waals surface area contributed by atoms with Crippen molar-refractivity contribution in [3.63, 3.8) is 0 Å². The first kappa shape index (κ1) is 19.5. The molecule has 2 heteroatoms. The van der Waals surface area contributed by atoms with Crippen molar-refractivity contribution in [3.8, 4) is 0 Å². The average molecular weight is 284 g/mol. The van der Waals surface area contributed by atoms with Gasteiger partial charge in [0.2, 0.25) is 0 Å². The molecular formula is C18H36O2. The van der Waals surface area contributed by atoms with Gasteiger partial charge in [-0.05, 0) is 32.6 Å². The zero-order valence-corrected chi connectivity index (χ0v) is 14.5. The quantitative estimate of drug-likeness (QED) is 0.337. The van der Waals surface area contributed by atoms with Crippen molar-refractivity contribution in [2.24, 2.45) is 11.3 Å². The topological polar surface area (TPSA) is 26.3 Å². The Labute approximate surface area is 126 Å². The lowest BCUT2D eigenvalue weighted by atomic mass is 9.79. The molecule has 0 bridgehead atoms. The highest BCUT2D eigenvalue weighted by Gasteiger charge is 2.33. The number of ether oxygens (including phenoxy) is 1. The van der Waals surface area contributed by atoms with Crippen molar-refractivity contribution in [3.05, 3.63) is 0 Å². The number of hydrogen-bond acceptors (Lipinski definition) is 2. The van der Waals surface area contributed by atoms with Crippen LogP contribution in [0.3, 0.4) is 0 Å². The molecule has 1 unspecified atom stereocenters. The SMILES string of the molecule is CCCCCCCC(C)(CCCC(C)C)C(=O)OCC. The lowest BCUT2D eigenvalue weighted by Gasteiger charge is -2.27. The van der Waals surface area contributed by atoms with Crippen LogP contribution in [0.15, 0.2) is 0 Å². The number of unbranched alkanes of at least 4 members (excludes halogenated alkanes) is 4. The van der Waals surface area contributed by atoms with Gasteiger partial charge in [-0.25, -0.2) is 0 Å². The zero-order chi connectivity index (χ0) is 15.4. The molecule has 20 heavy (non-hydrogen) atoms. The van der Waals surface area contributed by atoms with E-state index in [0.717, 1.165) is 25.7 Å². The van der Waals surface area contributed by atoms with Crippen molar-refractivity contribution in [2.45, 2.75) is 92.4 Å². The summed E-state index contributed by atoms with van der Waals surface area (Å²) in [6, 6.07) is 0. The van der Waals surface area contributed by atoms with Gasteiger partial charge in [0.15, 0.2) is 0 Å². The summed E-state index contributed by atoms with van der Waals surface area (Å²) in [5.41, 5.74) is -0.267. The van der Waals surface area contributed by atoms with Crippen LogP contribution in [0.5, 0.6) is 0 Å². The first-order valence-electron chi connectivity index (χ1n) is 8.63. The first-order valence-corrected chi connectivity index (χ1v) is 8.63. The van der Waals surface area contributed by atoms with Crippen molar-refractivity contribution in [1.82, 2.24) is 0 Å². The Kier molecular flexibility index (Phi) is 10.9. The second-order valence-corrected chi connectivity index (χ2v) is 6.73. The Morgan fingerprint density at radius 2 is 1.60 bits per heavy atom. The molecule has 0 aliphatic heterocycles. The van der Waals surface area contributed by atoms with Crippen molar-refractivity contribution in [2.75, 3.05) is 6.61 Å². The van der Waals surface area contributed by atoms with E-state index in [0.29, 0.717) is 12.5 Å². The molecule has 0 N–H and O–H groups in total. The number of hydrogen-bond donors (Lipinski definition) is 0. The van der Waals surface area contributed by atoms with Crippen LogP contribution in [0, 0.1) is 11.3 Å². The van der Waals surface area contributed by atoms with Crippen LogP contribution >= 0.6 is 0 Å². The third kappa shape index (κ3) is 8.60. The summed E-state index contributed by atoms with van der Waals surface area (Å²) >= 11 is 0. The summed E-state index contributed by atoms with van der Waals surface area (Å²) in [6.07, 6.45) is 10.5. The van der Waals surface area contributed by atoms with E-state index in [9.17, 15) is 4.79 Å². The standard InChI is InChI=1S/C18H36O2/c1-6-8-9-10-11-14-18(5,17(19)20-7-2)15-12-13-16(3)4/h16H,6-15H2,1-5H3. The Hall–Kier alpha value is -0.530. The predicted octanol–water partition coefficient (Wildman–Crippen LogP) is 5.74. The molecule has 0 aromatic rings. The summed E-state index contributed by atoms with van der Waals surface area (Å²) in [5, 5.41) is 0. The van der Waals surface area contributed by atoms with Gasteiger partial charge < -0.3 is 4.74 Å². The summed E-state index contributed by atoms with van der Waals surface area (Å²) in [6.45, 7) is 11.2. The largest absolute Gasteiger partial charge is 0.466 e. The van der Waals surface area contributed by atoms with Gasteiger partial charge in [0.25, 0.3) is 0 Å². The number of esters is 1. The molecule has 0 spiro atoms. The fourth-order valence-corrected chi connectivity index (χ4v) is 2.65. The van der Waals surface area contributed by atoms with E-state index in [4.69, 9.17) is 4.74 Å². The third-order valence-electron chi connectivity index (χ3n) is 4.11. The van der Waals surface area contributed by atoms with Gasteiger partial charge >= 0.3 is 5.97 Å². The van der Waals surface area contributed by atoms with Crippen LogP contribution in [0.2, 0.25) is 0 Å². The monoisotopic (exact) mass is 284 g/mol. The van der Waals surface area contributed by atoms with E-state index < -0.39 is 0 Å². The molecule has 0 aromatic carbocycles. The lowest BCUT2D eigenvalue weighted by molar-refractivity contribution is -0.155. The van der Waals surface area contributed by atoms with Gasteiger partial charge in [0.1, 0.15) is 0 Å². The fraction of sp³-hybridized carbons (Fsp3) is 0.944. The zero-order valence-electron chi connectivity index (χ0n) is 14.5. The van der Waals surface area contributed by atoms with Gasteiger partial charge in [-0.2, -0.15) is 0 Å². The van der Waals surface area contributed by atoms with Crippen LogP contribution in [-0.2, 0) is 9.53 Å². The van der Waals surface area contributed by atoms with E-state index in [1.54, 1.807) is 0 Å². The number of carbonyl (C=O) groups excluding carboxylic acids is 1. The molecule has 2 nitrogen and oxygen atoms in total. The van der Waals surface area contributed by atoms with E-state index in [-0.39, 0.29) is 11.4 Å². The van der Waals surface area contributed by atoms with E-state index >= 15 is 0 Å². The normalized spacial score (nSPS) is 14.3. The van der Waals surface area contributed by atoms with Crippen molar-refractivity contribution in [1.29, 1.82) is 0 Å². The Balaban J connectivity index is 4.26. The minimum absolute atomic E-state index is 0.0132. The molecule has 0 saturated heterocycles. The smallest absolute Gasteiger partial charge is 0.311 e. The summed E-state index contributed by atoms with van der Waals surface area (Å²) in [5.74, 6) is 0.727. The van der Waals surface area contributed by atoms with Crippen LogP contribution in [-0.4, -0.2) is 12.6 Å². The van der Waals surface area contributed by atoms with Crippen molar-refractivity contribution >= 4 is 5.97 Å². The van der Waals surface area contributed by atoms with Crippen LogP contribution in [0.4, 0.5) is 0 Å². The second-order valence-electron chi connectivity index (χ2n) is 6.73. The maximum Gasteiger partial charge on any atom is 0.311 e. The van der Waals surface area contributed by atoms with E-state index in [1.165, 1.54) is 32.1 Å². The molecule has 0 rings (SSSR count). The molecule has 0 saturated carbocycles. The molecule has 0 heterocycles. The molecule has 1 atom stereocenters. The molecule has 0 aliphatic carbocycles. The van der Waals surface area contributed by atoms with Crippen molar-refractivity contribution < 1.29 is 9.53 Å². The highest BCUT2D eigenvalue weighted by molar-refractivity contribution is 5.76. The molecule has 0 aliphatic rings. The summed E-state index contributed by atoms with van der Waals surface area (Å²) in [7, 11) is 0. The van der Waals surface area contributed by atoms with Crippen LogP contribution in [0.25, 0.3) is 0 Å². The fourth-order valence-electron chi connectivity index (χ4n) is 2.65. The van der Waals surface area contributed by atoms with E-state index in [2.05, 4.69) is 27.7 Å². The van der Waals surface area contributed by atoms with E-state index in [1.807, 2.05) is 6.92 Å². The predicted molar refractivity (Wildman–Crippen MR) is 86.8 cm³/mol.